The first-order valence-electron chi connectivity index (χ1n) is 5.37. The van der Waals surface area contributed by atoms with E-state index in [0.29, 0.717) is 11.4 Å². The first-order valence-corrected chi connectivity index (χ1v) is 6.98. The third kappa shape index (κ3) is 4.47. The predicted octanol–water partition coefficient (Wildman–Crippen LogP) is 2.24. The highest BCUT2D eigenvalue weighted by molar-refractivity contribution is 9.11. The Hall–Kier alpha value is -0.880. The molecular weight excluding hydrogens is 304 g/mol. The monoisotopic (exact) mass is 318 g/mol. The van der Waals surface area contributed by atoms with Crippen molar-refractivity contribution >= 4 is 39.1 Å². The number of halogens is 1. The van der Waals surface area contributed by atoms with Crippen molar-refractivity contribution in [3.05, 3.63) is 20.8 Å². The van der Waals surface area contributed by atoms with E-state index in [-0.39, 0.29) is 12.5 Å². The molecule has 0 aromatic carbocycles. The van der Waals surface area contributed by atoms with Crippen molar-refractivity contribution in [3.63, 3.8) is 0 Å². The Morgan fingerprint density at radius 1 is 1.47 bits per heavy atom. The smallest absolute Gasteiger partial charge is 0.264 e. The lowest BCUT2D eigenvalue weighted by molar-refractivity contribution is -0.118. The van der Waals surface area contributed by atoms with Gasteiger partial charge in [-0.15, -0.1) is 11.3 Å². The van der Waals surface area contributed by atoms with Gasteiger partial charge in [0.25, 0.3) is 5.91 Å². The molecule has 0 aliphatic rings. The molecule has 1 heterocycles. The van der Waals surface area contributed by atoms with Crippen molar-refractivity contribution < 1.29 is 9.59 Å². The van der Waals surface area contributed by atoms with E-state index in [1.54, 1.807) is 6.07 Å². The first kappa shape index (κ1) is 14.2. The van der Waals surface area contributed by atoms with Crippen LogP contribution >= 0.6 is 27.3 Å². The van der Waals surface area contributed by atoms with Gasteiger partial charge in [0.15, 0.2) is 0 Å². The minimum absolute atomic E-state index is 0.0195. The van der Waals surface area contributed by atoms with Crippen LogP contribution in [0.2, 0.25) is 0 Å². The molecule has 1 aromatic heterocycles. The molecule has 0 aliphatic carbocycles. The van der Waals surface area contributed by atoms with Crippen molar-refractivity contribution in [3.8, 4) is 0 Å². The lowest BCUT2D eigenvalue weighted by Gasteiger charge is -2.19. The minimum atomic E-state index is -0.481. The summed E-state index contributed by atoms with van der Waals surface area (Å²) in [7, 11) is 0. The van der Waals surface area contributed by atoms with Crippen LogP contribution in [0.1, 0.15) is 29.4 Å². The molecule has 6 heteroatoms. The zero-order chi connectivity index (χ0) is 12.8. The molecule has 0 saturated carbocycles. The molecule has 94 valence electrons. The van der Waals surface area contributed by atoms with Crippen LogP contribution in [0.5, 0.6) is 0 Å². The van der Waals surface area contributed by atoms with Crippen LogP contribution in [-0.2, 0) is 4.79 Å². The van der Waals surface area contributed by atoms with E-state index in [4.69, 9.17) is 5.73 Å². The van der Waals surface area contributed by atoms with Gasteiger partial charge in [-0.25, -0.2) is 0 Å². The van der Waals surface area contributed by atoms with Crippen molar-refractivity contribution in [2.75, 3.05) is 13.1 Å². The standard InChI is InChI=1S/C11H15BrN2O2S/c1-2-3-6-14(7-10(13)15)11(16)8-4-5-9(12)17-8/h4-5H,2-3,6-7H2,1H3,(H2,13,15). The molecule has 2 amide bonds. The number of nitrogens with zero attached hydrogens (tertiary/aromatic N) is 1. The number of unbranched alkanes of at least 4 members (excludes halogenated alkanes) is 1. The van der Waals surface area contributed by atoms with Gasteiger partial charge in [-0.1, -0.05) is 13.3 Å². The van der Waals surface area contributed by atoms with Gasteiger partial charge in [-0.3, -0.25) is 9.59 Å². The molecule has 0 aliphatic heterocycles. The van der Waals surface area contributed by atoms with Crippen LogP contribution in [0.25, 0.3) is 0 Å². The number of nitrogens with two attached hydrogens (primary N) is 1. The van der Waals surface area contributed by atoms with Crippen molar-refractivity contribution in [1.82, 2.24) is 4.90 Å². The van der Waals surface area contributed by atoms with Crippen LogP contribution in [-0.4, -0.2) is 29.8 Å². The highest BCUT2D eigenvalue weighted by Gasteiger charge is 2.18. The quantitative estimate of drug-likeness (QED) is 0.874. The Kier molecular flexibility index (Phi) is 5.64. The Labute approximate surface area is 113 Å². The normalized spacial score (nSPS) is 10.2. The lowest BCUT2D eigenvalue weighted by Crippen LogP contribution is -2.38. The zero-order valence-electron chi connectivity index (χ0n) is 9.61. The Bertz CT molecular complexity index is 406. The summed E-state index contributed by atoms with van der Waals surface area (Å²) in [6.45, 7) is 2.58. The summed E-state index contributed by atoms with van der Waals surface area (Å²) in [6, 6.07) is 3.57. The fourth-order valence-electron chi connectivity index (χ4n) is 1.37. The summed E-state index contributed by atoms with van der Waals surface area (Å²) in [5.41, 5.74) is 5.15. The van der Waals surface area contributed by atoms with E-state index in [0.717, 1.165) is 16.6 Å². The van der Waals surface area contributed by atoms with Gasteiger partial charge in [-0.2, -0.15) is 0 Å². The number of hydrogen-bond donors (Lipinski definition) is 1. The van der Waals surface area contributed by atoms with E-state index in [1.165, 1.54) is 16.2 Å². The Morgan fingerprint density at radius 3 is 2.65 bits per heavy atom. The maximum atomic E-state index is 12.1. The van der Waals surface area contributed by atoms with E-state index < -0.39 is 5.91 Å². The number of carbonyl (C=O) groups excluding carboxylic acids is 2. The molecule has 0 fully saturated rings. The van der Waals surface area contributed by atoms with Gasteiger partial charge in [0.1, 0.15) is 0 Å². The Morgan fingerprint density at radius 2 is 2.18 bits per heavy atom. The second-order valence-corrected chi connectivity index (χ2v) is 6.11. The summed E-state index contributed by atoms with van der Waals surface area (Å²) >= 11 is 4.67. The molecule has 1 aromatic rings. The second kappa shape index (κ2) is 6.76. The number of amides is 2. The van der Waals surface area contributed by atoms with E-state index in [2.05, 4.69) is 15.9 Å². The zero-order valence-corrected chi connectivity index (χ0v) is 12.0. The number of primary amides is 1. The maximum Gasteiger partial charge on any atom is 0.264 e. The third-order valence-corrected chi connectivity index (χ3v) is 3.81. The predicted molar refractivity (Wildman–Crippen MR) is 72.0 cm³/mol. The summed E-state index contributed by atoms with van der Waals surface area (Å²) < 4.78 is 0.898. The molecule has 17 heavy (non-hydrogen) atoms. The molecule has 0 saturated heterocycles. The van der Waals surface area contributed by atoms with Gasteiger partial charge in [0.05, 0.1) is 15.2 Å². The largest absolute Gasteiger partial charge is 0.368 e. The van der Waals surface area contributed by atoms with Gasteiger partial charge < -0.3 is 10.6 Å². The molecular formula is C11H15BrN2O2S. The average molecular weight is 319 g/mol. The van der Waals surface area contributed by atoms with Crippen LogP contribution in [0, 0.1) is 0 Å². The van der Waals surface area contributed by atoms with Crippen LogP contribution in [0.3, 0.4) is 0 Å². The first-order chi connectivity index (χ1) is 8.04. The number of rotatable bonds is 6. The summed E-state index contributed by atoms with van der Waals surface area (Å²) in [5, 5.41) is 0. The van der Waals surface area contributed by atoms with E-state index in [9.17, 15) is 9.59 Å². The van der Waals surface area contributed by atoms with Crippen LogP contribution < -0.4 is 5.73 Å². The van der Waals surface area contributed by atoms with Gasteiger partial charge in [0.2, 0.25) is 5.91 Å². The van der Waals surface area contributed by atoms with Gasteiger partial charge in [0, 0.05) is 6.54 Å². The van der Waals surface area contributed by atoms with Gasteiger partial charge in [-0.05, 0) is 34.5 Å². The molecule has 1 rings (SSSR count). The highest BCUT2D eigenvalue weighted by atomic mass is 79.9. The fourth-order valence-corrected chi connectivity index (χ4v) is 2.73. The topological polar surface area (TPSA) is 63.4 Å². The molecule has 4 nitrogen and oxygen atoms in total. The third-order valence-electron chi connectivity index (χ3n) is 2.20. The number of hydrogen-bond acceptors (Lipinski definition) is 3. The van der Waals surface area contributed by atoms with Crippen LogP contribution in [0.4, 0.5) is 0 Å². The van der Waals surface area contributed by atoms with E-state index >= 15 is 0 Å². The lowest BCUT2D eigenvalue weighted by atomic mass is 10.3. The molecule has 0 atom stereocenters. The molecule has 0 spiro atoms. The molecule has 0 bridgehead atoms. The SMILES string of the molecule is CCCCN(CC(N)=O)C(=O)c1ccc(Br)s1. The van der Waals surface area contributed by atoms with Crippen molar-refractivity contribution in [2.24, 2.45) is 5.73 Å². The fraction of sp³-hybridized carbons (Fsp3) is 0.455. The molecule has 0 radical (unpaired) electrons. The van der Waals surface area contributed by atoms with Crippen molar-refractivity contribution in [2.45, 2.75) is 19.8 Å². The summed E-state index contributed by atoms with van der Waals surface area (Å²) in [6.07, 6.45) is 1.84. The highest BCUT2D eigenvalue weighted by Crippen LogP contribution is 2.23. The van der Waals surface area contributed by atoms with Crippen molar-refractivity contribution in [1.29, 1.82) is 0 Å². The second-order valence-electron chi connectivity index (χ2n) is 3.65. The molecule has 2 N–H and O–H groups in total. The average Bonchev–Trinajstić information content (AvgIpc) is 2.69. The van der Waals surface area contributed by atoms with E-state index in [1.807, 2.05) is 13.0 Å². The molecule has 0 unspecified atom stereocenters. The van der Waals surface area contributed by atoms with Crippen LogP contribution in [0.15, 0.2) is 15.9 Å². The van der Waals surface area contributed by atoms with Gasteiger partial charge >= 0.3 is 0 Å². The summed E-state index contributed by atoms with van der Waals surface area (Å²) in [4.78, 5) is 25.2. The maximum absolute atomic E-state index is 12.1. The number of thiophene rings is 1. The Balaban J connectivity index is 2.74. The number of carbonyl (C=O) groups is 2. The minimum Gasteiger partial charge on any atom is -0.368 e. The summed E-state index contributed by atoms with van der Waals surface area (Å²) in [5.74, 6) is -0.613.